The summed E-state index contributed by atoms with van der Waals surface area (Å²) in [5.74, 6) is -1.74. The molecule has 1 saturated heterocycles. The lowest BCUT2D eigenvalue weighted by molar-refractivity contribution is 0.0664. The number of rotatable bonds is 5. The molecule has 41 heavy (non-hydrogen) atoms. The number of anilines is 1. The molecular weight excluding hydrogens is 517 g/mol. The summed E-state index contributed by atoms with van der Waals surface area (Å²) in [5, 5.41) is 0. The molecule has 0 amide bonds. The van der Waals surface area contributed by atoms with Crippen molar-refractivity contribution in [1.82, 2.24) is 0 Å². The largest absolute Gasteiger partial charge is 0.494 e. The average molecular weight is 544 g/mol. The molecule has 0 saturated carbocycles. The number of hydrogen-bond acceptors (Lipinski definition) is 5. The SMILES string of the molecule is CCOc1ccccc1[C@@H]1[C@H](C(=O)c2ccc(F)cc2)N2c3ccccc3C=C[C@H]2C12C(=O)c1ccccc1C2=O. The van der Waals surface area contributed by atoms with E-state index in [2.05, 4.69) is 0 Å². The first kappa shape index (κ1) is 25.1. The van der Waals surface area contributed by atoms with E-state index in [1.165, 1.54) is 24.3 Å². The minimum absolute atomic E-state index is 0.300. The van der Waals surface area contributed by atoms with Gasteiger partial charge in [0.15, 0.2) is 17.3 Å². The van der Waals surface area contributed by atoms with Gasteiger partial charge in [0, 0.05) is 33.9 Å². The van der Waals surface area contributed by atoms with E-state index in [0.29, 0.717) is 34.6 Å². The van der Waals surface area contributed by atoms with Gasteiger partial charge in [0.2, 0.25) is 0 Å². The number of Topliss-reactive ketones (excluding diaryl/α,β-unsaturated/α-hetero) is 3. The zero-order chi connectivity index (χ0) is 28.3. The molecule has 0 N–H and O–H groups in total. The van der Waals surface area contributed by atoms with E-state index in [1.54, 1.807) is 24.3 Å². The number of nitrogens with zero attached hydrogens (tertiary/aromatic N) is 1. The average Bonchev–Trinajstić information content (AvgIpc) is 3.44. The second kappa shape index (κ2) is 9.37. The monoisotopic (exact) mass is 543 g/mol. The summed E-state index contributed by atoms with van der Waals surface area (Å²) < 4.78 is 20.0. The van der Waals surface area contributed by atoms with E-state index >= 15 is 0 Å². The quantitative estimate of drug-likeness (QED) is 0.211. The summed E-state index contributed by atoms with van der Waals surface area (Å²) in [5.41, 5.74) is 1.65. The molecule has 0 aromatic heterocycles. The Morgan fingerprint density at radius 1 is 0.854 bits per heavy atom. The van der Waals surface area contributed by atoms with E-state index in [-0.39, 0.29) is 17.3 Å². The molecule has 0 bridgehead atoms. The first-order valence-corrected chi connectivity index (χ1v) is 13.7. The Labute approximate surface area is 236 Å². The maximum absolute atomic E-state index is 14.7. The van der Waals surface area contributed by atoms with Gasteiger partial charge in [0.1, 0.15) is 23.0 Å². The fourth-order valence-electron chi connectivity index (χ4n) is 7.07. The Hall–Kier alpha value is -4.84. The molecule has 4 aromatic rings. The molecule has 1 fully saturated rings. The number of carbonyl (C=O) groups excluding carboxylic acids is 3. The van der Waals surface area contributed by atoms with Crippen LogP contribution in [0.4, 0.5) is 10.1 Å². The Morgan fingerprint density at radius 2 is 1.49 bits per heavy atom. The Balaban J connectivity index is 1.56. The third-order valence-corrected chi connectivity index (χ3v) is 8.66. The molecule has 6 heteroatoms. The van der Waals surface area contributed by atoms with Crippen molar-refractivity contribution in [2.24, 2.45) is 5.41 Å². The van der Waals surface area contributed by atoms with Gasteiger partial charge in [-0.25, -0.2) is 4.39 Å². The predicted molar refractivity (Wildman–Crippen MR) is 154 cm³/mol. The molecule has 2 aliphatic heterocycles. The van der Waals surface area contributed by atoms with Crippen LogP contribution in [-0.2, 0) is 0 Å². The van der Waals surface area contributed by atoms with Gasteiger partial charge in [-0.3, -0.25) is 14.4 Å². The summed E-state index contributed by atoms with van der Waals surface area (Å²) >= 11 is 0. The molecule has 2 heterocycles. The third kappa shape index (κ3) is 3.43. The number of benzene rings is 4. The topological polar surface area (TPSA) is 63.7 Å². The number of ketones is 3. The highest BCUT2D eigenvalue weighted by atomic mass is 19.1. The second-order valence-corrected chi connectivity index (χ2v) is 10.6. The summed E-state index contributed by atoms with van der Waals surface area (Å²) in [7, 11) is 0. The Bertz CT molecular complexity index is 1720. The van der Waals surface area contributed by atoms with E-state index < -0.39 is 29.2 Å². The zero-order valence-electron chi connectivity index (χ0n) is 22.3. The minimum Gasteiger partial charge on any atom is -0.494 e. The van der Waals surface area contributed by atoms with E-state index in [1.807, 2.05) is 72.5 Å². The lowest BCUT2D eigenvalue weighted by Gasteiger charge is -2.37. The van der Waals surface area contributed by atoms with Gasteiger partial charge < -0.3 is 9.64 Å². The lowest BCUT2D eigenvalue weighted by atomic mass is 9.64. The number of ether oxygens (including phenoxy) is 1. The van der Waals surface area contributed by atoms with Crippen molar-refractivity contribution < 1.29 is 23.5 Å². The van der Waals surface area contributed by atoms with Crippen molar-refractivity contribution in [3.05, 3.63) is 137 Å². The fraction of sp³-hybridized carbons (Fsp3) is 0.171. The zero-order valence-corrected chi connectivity index (χ0v) is 22.3. The van der Waals surface area contributed by atoms with Crippen LogP contribution >= 0.6 is 0 Å². The number of hydrogen-bond donors (Lipinski definition) is 0. The van der Waals surface area contributed by atoms with Crippen LogP contribution in [0, 0.1) is 11.2 Å². The van der Waals surface area contributed by atoms with Gasteiger partial charge in [-0.05, 0) is 48.9 Å². The summed E-state index contributed by atoms with van der Waals surface area (Å²) in [6.07, 6.45) is 3.82. The van der Waals surface area contributed by atoms with Gasteiger partial charge in [0.25, 0.3) is 0 Å². The fourth-order valence-corrected chi connectivity index (χ4v) is 7.07. The van der Waals surface area contributed by atoms with Crippen molar-refractivity contribution >= 4 is 29.1 Å². The highest BCUT2D eigenvalue weighted by Crippen LogP contribution is 2.61. The summed E-state index contributed by atoms with van der Waals surface area (Å²) in [4.78, 5) is 46.0. The molecule has 0 unspecified atom stereocenters. The summed E-state index contributed by atoms with van der Waals surface area (Å²) in [6.45, 7) is 2.23. The van der Waals surface area contributed by atoms with Crippen molar-refractivity contribution in [3.8, 4) is 5.75 Å². The normalized spacial score (nSPS) is 21.5. The maximum atomic E-state index is 14.7. The Morgan fingerprint density at radius 3 is 2.20 bits per heavy atom. The molecule has 1 aliphatic carbocycles. The van der Waals surface area contributed by atoms with Gasteiger partial charge >= 0.3 is 0 Å². The molecule has 7 rings (SSSR count). The van der Waals surface area contributed by atoms with Gasteiger partial charge in [-0.2, -0.15) is 0 Å². The number of para-hydroxylation sites is 2. The second-order valence-electron chi connectivity index (χ2n) is 10.6. The molecule has 0 radical (unpaired) electrons. The molecule has 1 spiro atoms. The van der Waals surface area contributed by atoms with E-state index in [9.17, 15) is 18.8 Å². The standard InChI is InChI=1S/C35H26FNO4/c1-2-41-28-14-8-6-12-26(28)30-31(32(38)22-15-18-23(36)19-16-22)37-27-13-7-3-9-21(27)17-20-29(37)35(30)33(39)24-10-4-5-11-25(24)34(35)40/h3-20,29-31H,2H2,1H3/t29-,30+,31+/m0/s1. The number of halogens is 1. The molecule has 3 atom stereocenters. The van der Waals surface area contributed by atoms with Crippen molar-refractivity contribution in [2.75, 3.05) is 11.5 Å². The first-order valence-electron chi connectivity index (χ1n) is 13.7. The van der Waals surface area contributed by atoms with Crippen molar-refractivity contribution in [2.45, 2.75) is 24.9 Å². The van der Waals surface area contributed by atoms with Crippen molar-refractivity contribution in [1.29, 1.82) is 0 Å². The highest BCUT2D eigenvalue weighted by Gasteiger charge is 2.71. The smallest absolute Gasteiger partial charge is 0.185 e. The van der Waals surface area contributed by atoms with Crippen LogP contribution in [-0.4, -0.2) is 36.0 Å². The third-order valence-electron chi connectivity index (χ3n) is 8.66. The number of fused-ring (bicyclic) bond motifs is 5. The van der Waals surface area contributed by atoms with Crippen LogP contribution in [0.25, 0.3) is 6.08 Å². The molecule has 4 aromatic carbocycles. The predicted octanol–water partition coefficient (Wildman–Crippen LogP) is 6.54. The van der Waals surface area contributed by atoms with Crippen LogP contribution in [0.2, 0.25) is 0 Å². The van der Waals surface area contributed by atoms with Crippen LogP contribution < -0.4 is 9.64 Å². The molecule has 5 nitrogen and oxygen atoms in total. The van der Waals surface area contributed by atoms with E-state index in [4.69, 9.17) is 4.74 Å². The Kier molecular flexibility index (Phi) is 5.75. The molecule has 202 valence electrons. The number of carbonyl (C=O) groups is 3. The highest BCUT2D eigenvalue weighted by molar-refractivity contribution is 6.32. The summed E-state index contributed by atoms with van der Waals surface area (Å²) in [6, 6.07) is 25.6. The van der Waals surface area contributed by atoms with Crippen LogP contribution in [0.3, 0.4) is 0 Å². The van der Waals surface area contributed by atoms with Crippen LogP contribution in [0.5, 0.6) is 5.75 Å². The van der Waals surface area contributed by atoms with Gasteiger partial charge in [0.05, 0.1) is 12.6 Å². The molecule has 3 aliphatic rings. The van der Waals surface area contributed by atoms with Crippen LogP contribution in [0.1, 0.15) is 55.0 Å². The molecular formula is C35H26FNO4. The van der Waals surface area contributed by atoms with Gasteiger partial charge in [-0.1, -0.05) is 72.8 Å². The maximum Gasteiger partial charge on any atom is 0.185 e. The lowest BCUT2D eigenvalue weighted by Crippen LogP contribution is -2.48. The first-order chi connectivity index (χ1) is 20.0. The minimum atomic E-state index is -1.62. The van der Waals surface area contributed by atoms with Crippen LogP contribution in [0.15, 0.2) is 103 Å². The van der Waals surface area contributed by atoms with Gasteiger partial charge in [-0.15, -0.1) is 0 Å². The van der Waals surface area contributed by atoms with E-state index in [0.717, 1.165) is 11.3 Å². The van der Waals surface area contributed by atoms with Crippen molar-refractivity contribution in [3.63, 3.8) is 0 Å².